The van der Waals surface area contributed by atoms with E-state index < -0.39 is 22.2 Å². The molecule has 2 N–H and O–H groups in total. The summed E-state index contributed by atoms with van der Waals surface area (Å²) in [6.07, 6.45) is 6.48. The molecule has 1 saturated carbocycles. The Morgan fingerprint density at radius 1 is 1.06 bits per heavy atom. The van der Waals surface area contributed by atoms with Gasteiger partial charge in [-0.05, 0) is 88.4 Å². The average molecular weight is 688 g/mol. The first kappa shape index (κ1) is 37.6. The lowest BCUT2D eigenvalue weighted by atomic mass is 9.88. The molecule has 11 nitrogen and oxygen atoms in total. The molecule has 0 bridgehead atoms. The van der Waals surface area contributed by atoms with E-state index in [1.54, 1.807) is 42.2 Å². The maximum absolute atomic E-state index is 14.4. The van der Waals surface area contributed by atoms with Crippen molar-refractivity contribution in [2.24, 2.45) is 11.8 Å². The number of rotatable bonds is 9. The van der Waals surface area contributed by atoms with Gasteiger partial charge in [-0.15, -0.1) is 0 Å². The summed E-state index contributed by atoms with van der Waals surface area (Å²) in [5, 5.41) is 13.3. The van der Waals surface area contributed by atoms with E-state index in [1.807, 2.05) is 13.8 Å². The molecule has 0 unspecified atom stereocenters. The van der Waals surface area contributed by atoms with Gasteiger partial charge in [-0.3, -0.25) is 9.59 Å². The van der Waals surface area contributed by atoms with Crippen LogP contribution in [0.25, 0.3) is 0 Å². The van der Waals surface area contributed by atoms with E-state index in [0.29, 0.717) is 29.4 Å². The molecule has 1 heterocycles. The van der Waals surface area contributed by atoms with E-state index in [4.69, 9.17) is 14.2 Å². The number of fused-ring (bicyclic) bond motifs is 1. The zero-order chi connectivity index (χ0) is 34.8. The second kappa shape index (κ2) is 17.5. The van der Waals surface area contributed by atoms with Crippen LogP contribution < -0.4 is 14.8 Å². The fourth-order valence-electron chi connectivity index (χ4n) is 6.35. The van der Waals surface area contributed by atoms with E-state index in [1.165, 1.54) is 30.6 Å². The Kier molecular flexibility index (Phi) is 13.7. The summed E-state index contributed by atoms with van der Waals surface area (Å²) in [4.78, 5) is 29.2. The molecule has 4 rings (SSSR count). The van der Waals surface area contributed by atoms with Crippen LogP contribution in [0.2, 0.25) is 0 Å². The Labute approximate surface area is 286 Å². The molecule has 0 radical (unpaired) electrons. The van der Waals surface area contributed by atoms with Gasteiger partial charge in [-0.1, -0.05) is 26.2 Å². The summed E-state index contributed by atoms with van der Waals surface area (Å²) in [5.74, 6) is 0.227. The van der Waals surface area contributed by atoms with Crippen molar-refractivity contribution in [1.29, 1.82) is 0 Å². The summed E-state index contributed by atoms with van der Waals surface area (Å²) in [5.41, 5.74) is 0.816. The Hall–Kier alpha value is -3.19. The van der Waals surface area contributed by atoms with E-state index in [2.05, 4.69) is 5.32 Å². The van der Waals surface area contributed by atoms with Crippen molar-refractivity contribution < 1.29 is 37.3 Å². The third-order valence-corrected chi connectivity index (χ3v) is 11.3. The number of hydrogen-bond donors (Lipinski definition) is 2. The van der Waals surface area contributed by atoms with E-state index in [-0.39, 0.29) is 54.3 Å². The number of carbonyl (C=O) groups is 2. The molecule has 12 heteroatoms. The number of likely N-dealkylation sites (N-methyl/N-ethyl adjacent to an activating group) is 1. The summed E-state index contributed by atoms with van der Waals surface area (Å²) in [7, 11) is -0.788. The molecular formula is C36H53N3O8S. The van der Waals surface area contributed by atoms with Crippen molar-refractivity contribution in [3.63, 3.8) is 0 Å². The standard InChI is InChI=1S/C36H53N3O8S/c1-25-22-39(26(2)24-40)36(42)32-21-29(37-35(41)28-12-7-6-8-13-28)14-19-33(32)47-27(3)11-9-10-20-46-34(25)23-38(4)48(43,44)31-17-15-30(45-5)16-18-31/h14-19,21,25-28,34,40H,6-13,20,22-24H2,1-5H3,(H,37,41)/t25-,26-,27+,34-/m0/s1. The lowest BCUT2D eigenvalue weighted by Gasteiger charge is -2.35. The number of sulfonamides is 1. The highest BCUT2D eigenvalue weighted by molar-refractivity contribution is 7.89. The molecule has 1 aliphatic heterocycles. The summed E-state index contributed by atoms with van der Waals surface area (Å²) < 4.78 is 46.1. The highest BCUT2D eigenvalue weighted by Crippen LogP contribution is 2.30. The van der Waals surface area contributed by atoms with E-state index >= 15 is 0 Å². The summed E-state index contributed by atoms with van der Waals surface area (Å²) >= 11 is 0. The van der Waals surface area contributed by atoms with Crippen LogP contribution in [0.5, 0.6) is 11.5 Å². The maximum atomic E-state index is 14.4. The first-order valence-electron chi connectivity index (χ1n) is 17.2. The molecule has 2 aromatic carbocycles. The second-order valence-electron chi connectivity index (χ2n) is 13.3. The minimum Gasteiger partial charge on any atom is -0.497 e. The monoisotopic (exact) mass is 687 g/mol. The lowest BCUT2D eigenvalue weighted by molar-refractivity contribution is -0.120. The van der Waals surface area contributed by atoms with E-state index in [9.17, 15) is 23.1 Å². The van der Waals surface area contributed by atoms with Crippen molar-refractivity contribution >= 4 is 27.5 Å². The highest BCUT2D eigenvalue weighted by Gasteiger charge is 2.33. The summed E-state index contributed by atoms with van der Waals surface area (Å²) in [6, 6.07) is 10.9. The van der Waals surface area contributed by atoms with Gasteiger partial charge in [0.15, 0.2) is 0 Å². The van der Waals surface area contributed by atoms with Gasteiger partial charge in [0.05, 0.1) is 42.4 Å². The Balaban J connectivity index is 1.62. The first-order valence-corrected chi connectivity index (χ1v) is 18.6. The quantitative estimate of drug-likeness (QED) is 0.362. The molecule has 0 saturated heterocycles. The lowest BCUT2D eigenvalue weighted by Crippen LogP contribution is -2.48. The Bertz CT molecular complexity index is 1460. The molecule has 0 aromatic heterocycles. The van der Waals surface area contributed by atoms with Gasteiger partial charge < -0.3 is 29.5 Å². The van der Waals surface area contributed by atoms with Crippen molar-refractivity contribution in [2.45, 2.75) is 95.3 Å². The van der Waals surface area contributed by atoms with Gasteiger partial charge in [0.1, 0.15) is 11.5 Å². The highest BCUT2D eigenvalue weighted by atomic mass is 32.2. The first-order chi connectivity index (χ1) is 22.9. The van der Waals surface area contributed by atoms with Crippen LogP contribution in [0, 0.1) is 11.8 Å². The number of nitrogens with one attached hydrogen (secondary N) is 1. The van der Waals surface area contributed by atoms with Gasteiger partial charge in [-0.25, -0.2) is 8.42 Å². The number of ether oxygens (including phenoxy) is 3. The largest absolute Gasteiger partial charge is 0.497 e. The minimum atomic E-state index is -3.84. The number of amides is 2. The predicted octanol–water partition coefficient (Wildman–Crippen LogP) is 5.33. The topological polar surface area (TPSA) is 135 Å². The molecular weight excluding hydrogens is 634 g/mol. The van der Waals surface area contributed by atoms with E-state index in [0.717, 1.165) is 51.4 Å². The van der Waals surface area contributed by atoms with Crippen molar-refractivity contribution in [2.75, 3.05) is 45.8 Å². The van der Waals surface area contributed by atoms with Crippen LogP contribution in [0.4, 0.5) is 5.69 Å². The summed E-state index contributed by atoms with van der Waals surface area (Å²) in [6.45, 7) is 6.05. The molecule has 48 heavy (non-hydrogen) atoms. The van der Waals surface area contributed by atoms with Crippen LogP contribution in [-0.2, 0) is 19.6 Å². The number of aliphatic hydroxyl groups is 1. The number of aliphatic hydroxyl groups excluding tert-OH is 1. The van der Waals surface area contributed by atoms with Crippen molar-refractivity contribution in [3.05, 3.63) is 48.0 Å². The van der Waals surface area contributed by atoms with Crippen LogP contribution >= 0.6 is 0 Å². The average Bonchev–Trinajstić information content (AvgIpc) is 3.09. The maximum Gasteiger partial charge on any atom is 0.258 e. The van der Waals surface area contributed by atoms with Gasteiger partial charge in [0, 0.05) is 44.3 Å². The third-order valence-electron chi connectivity index (χ3n) is 9.50. The van der Waals surface area contributed by atoms with Crippen molar-refractivity contribution in [3.8, 4) is 11.5 Å². The third kappa shape index (κ3) is 9.71. The van der Waals surface area contributed by atoms with Crippen molar-refractivity contribution in [1.82, 2.24) is 9.21 Å². The van der Waals surface area contributed by atoms with Gasteiger partial charge in [0.2, 0.25) is 15.9 Å². The molecule has 2 aliphatic rings. The van der Waals surface area contributed by atoms with Gasteiger partial charge in [-0.2, -0.15) is 4.31 Å². The van der Waals surface area contributed by atoms with Crippen LogP contribution in [0.1, 0.15) is 82.5 Å². The zero-order valence-corrected chi connectivity index (χ0v) is 29.8. The fourth-order valence-corrected chi connectivity index (χ4v) is 7.53. The second-order valence-corrected chi connectivity index (χ2v) is 15.3. The van der Waals surface area contributed by atoms with Gasteiger partial charge >= 0.3 is 0 Å². The molecule has 0 spiro atoms. The van der Waals surface area contributed by atoms with Crippen LogP contribution in [0.15, 0.2) is 47.4 Å². The number of nitrogens with zero attached hydrogens (tertiary/aromatic N) is 2. The Morgan fingerprint density at radius 3 is 2.42 bits per heavy atom. The number of methoxy groups -OCH3 is 1. The van der Waals surface area contributed by atoms with Crippen LogP contribution in [0.3, 0.4) is 0 Å². The molecule has 2 amide bonds. The molecule has 266 valence electrons. The Morgan fingerprint density at radius 2 is 1.75 bits per heavy atom. The zero-order valence-electron chi connectivity index (χ0n) is 29.0. The predicted molar refractivity (Wildman–Crippen MR) is 185 cm³/mol. The van der Waals surface area contributed by atoms with Gasteiger partial charge in [0.25, 0.3) is 5.91 Å². The molecule has 2 aromatic rings. The number of benzene rings is 2. The van der Waals surface area contributed by atoms with Crippen LogP contribution in [-0.4, -0.2) is 93.3 Å². The molecule has 4 atom stereocenters. The fraction of sp³-hybridized carbons (Fsp3) is 0.611. The number of carbonyl (C=O) groups excluding carboxylic acids is 2. The number of hydrogen-bond acceptors (Lipinski definition) is 8. The minimum absolute atomic E-state index is 0.0415. The molecule has 1 aliphatic carbocycles. The SMILES string of the molecule is COc1ccc(S(=O)(=O)N(C)C[C@@H]2OCCCC[C@@H](C)Oc3ccc(NC(=O)C4CCCCC4)cc3C(=O)N([C@@H](C)CO)C[C@@H]2C)cc1. The smallest absolute Gasteiger partial charge is 0.258 e. The number of anilines is 1. The molecule has 1 fully saturated rings. The normalized spacial score (nSPS) is 22.7.